The highest BCUT2D eigenvalue weighted by Crippen LogP contribution is 2.15. The van der Waals surface area contributed by atoms with Gasteiger partial charge in [0.25, 0.3) is 0 Å². The lowest BCUT2D eigenvalue weighted by Crippen LogP contribution is -2.09. The van der Waals surface area contributed by atoms with Crippen molar-refractivity contribution in [3.63, 3.8) is 0 Å². The number of hydrogen-bond donors (Lipinski definition) is 3. The molecule has 5 heteroatoms. The van der Waals surface area contributed by atoms with Crippen LogP contribution in [0.1, 0.15) is 226 Å². The lowest BCUT2D eigenvalue weighted by molar-refractivity contribution is -0.119. The normalized spacial score (nSPS) is 10.5. The van der Waals surface area contributed by atoms with E-state index in [2.05, 4.69) is 20.4 Å². The minimum Gasteiger partial charge on any atom is -0.396 e. The molecule has 0 saturated carbocycles. The molecule has 0 atom stereocenters. The fourth-order valence-electron chi connectivity index (χ4n) is 5.43. The van der Waals surface area contributed by atoms with Gasteiger partial charge < -0.3 is 16.6 Å². The van der Waals surface area contributed by atoms with Crippen LogP contribution in [0.4, 0.5) is 0 Å². The first-order valence-electron chi connectivity index (χ1n) is 19.7. The maximum Gasteiger partial charge on any atom is 0.217 e. The van der Waals surface area contributed by atoms with Crippen LogP contribution in [-0.2, 0) is 9.59 Å². The van der Waals surface area contributed by atoms with Crippen LogP contribution in [0.2, 0.25) is 0 Å². The smallest absolute Gasteiger partial charge is 0.217 e. The van der Waals surface area contributed by atoms with Gasteiger partial charge in [-0.1, -0.05) is 200 Å². The van der Waals surface area contributed by atoms with Crippen LogP contribution >= 0.6 is 0 Å². The van der Waals surface area contributed by atoms with Crippen LogP contribution in [0.3, 0.4) is 0 Å². The average Bonchev–Trinajstić information content (AvgIpc) is 3.02. The molecule has 0 bridgehead atoms. The van der Waals surface area contributed by atoms with E-state index in [9.17, 15) is 9.59 Å². The van der Waals surface area contributed by atoms with Crippen LogP contribution in [0.25, 0.3) is 0 Å². The van der Waals surface area contributed by atoms with Gasteiger partial charge in [-0.25, -0.2) is 0 Å². The molecule has 5 nitrogen and oxygen atoms in total. The van der Waals surface area contributed by atoms with E-state index in [0.717, 1.165) is 12.8 Å². The molecule has 0 spiro atoms. The van der Waals surface area contributed by atoms with Gasteiger partial charge in [0.2, 0.25) is 11.8 Å². The number of aliphatic hydroxyl groups is 1. The van der Waals surface area contributed by atoms with Crippen molar-refractivity contribution < 1.29 is 14.7 Å². The summed E-state index contributed by atoms with van der Waals surface area (Å²) in [5.74, 6) is -0.306. The maximum atomic E-state index is 10.6. The standard InChI is InChI=1S/2C18H37NO.C4H8O/c2*1-2-3-4-5-6-7-8-9-10-11-12-13-14-15-16-17-18(19)20;1-2-3-4-5/h2*2-17H2,1H3,(H2,19,20);2,5H,1,3-4H2. The van der Waals surface area contributed by atoms with E-state index in [1.54, 1.807) is 6.08 Å². The van der Waals surface area contributed by atoms with E-state index in [-0.39, 0.29) is 18.4 Å². The summed E-state index contributed by atoms with van der Waals surface area (Å²) in [6.07, 6.45) is 44.2. The second-order valence-corrected chi connectivity index (χ2v) is 13.1. The molecule has 0 radical (unpaired) electrons. The first-order chi connectivity index (χ1) is 22.0. The Bertz CT molecular complexity index is 524. The molecule has 2 amide bonds. The highest BCUT2D eigenvalue weighted by molar-refractivity contribution is 5.73. The highest BCUT2D eigenvalue weighted by atomic mass is 16.2. The number of carbonyl (C=O) groups excluding carboxylic acids is 2. The van der Waals surface area contributed by atoms with Crippen LogP contribution in [0.15, 0.2) is 12.7 Å². The molecule has 0 unspecified atom stereocenters. The van der Waals surface area contributed by atoms with Gasteiger partial charge in [0, 0.05) is 19.4 Å². The molecule has 0 rings (SSSR count). The zero-order valence-electron chi connectivity index (χ0n) is 30.7. The van der Waals surface area contributed by atoms with E-state index in [1.807, 2.05) is 0 Å². The first kappa shape index (κ1) is 48.0. The molecule has 45 heavy (non-hydrogen) atoms. The Morgan fingerprint density at radius 1 is 0.444 bits per heavy atom. The summed E-state index contributed by atoms with van der Waals surface area (Å²) in [5.41, 5.74) is 10.2. The van der Waals surface area contributed by atoms with Gasteiger partial charge in [0.1, 0.15) is 0 Å². The van der Waals surface area contributed by atoms with Crippen molar-refractivity contribution in [1.82, 2.24) is 0 Å². The Kier molecular flexibility index (Phi) is 50.2. The van der Waals surface area contributed by atoms with Crippen molar-refractivity contribution in [2.75, 3.05) is 6.61 Å². The van der Waals surface area contributed by atoms with Crippen LogP contribution < -0.4 is 11.5 Å². The maximum absolute atomic E-state index is 10.6. The van der Waals surface area contributed by atoms with Gasteiger partial charge in [-0.2, -0.15) is 0 Å². The Labute approximate surface area is 282 Å². The fraction of sp³-hybridized carbons (Fsp3) is 0.900. The molecular weight excluding hydrogens is 556 g/mol. The van der Waals surface area contributed by atoms with Crippen molar-refractivity contribution in [2.45, 2.75) is 226 Å². The molecule has 270 valence electrons. The number of rotatable bonds is 34. The van der Waals surface area contributed by atoms with E-state index in [0.29, 0.717) is 19.3 Å². The van der Waals surface area contributed by atoms with Crippen molar-refractivity contribution in [3.05, 3.63) is 12.7 Å². The summed E-state index contributed by atoms with van der Waals surface area (Å²) in [5, 5.41) is 8.00. The first-order valence-corrected chi connectivity index (χ1v) is 19.7. The van der Waals surface area contributed by atoms with Crippen molar-refractivity contribution in [2.24, 2.45) is 11.5 Å². The predicted octanol–water partition coefficient (Wildman–Crippen LogP) is 12.0. The number of aliphatic hydroxyl groups excluding tert-OH is 1. The third-order valence-electron chi connectivity index (χ3n) is 8.39. The second kappa shape index (κ2) is 47.1. The van der Waals surface area contributed by atoms with Crippen molar-refractivity contribution in [1.29, 1.82) is 0 Å². The summed E-state index contributed by atoms with van der Waals surface area (Å²) >= 11 is 0. The van der Waals surface area contributed by atoms with Gasteiger partial charge in [0.15, 0.2) is 0 Å². The summed E-state index contributed by atoms with van der Waals surface area (Å²) in [7, 11) is 0. The predicted molar refractivity (Wildman–Crippen MR) is 199 cm³/mol. The Balaban J connectivity index is -0.000000680. The number of hydrogen-bond acceptors (Lipinski definition) is 3. The molecule has 0 aliphatic heterocycles. The van der Waals surface area contributed by atoms with E-state index >= 15 is 0 Å². The number of nitrogens with two attached hydrogens (primary N) is 2. The molecule has 0 aromatic rings. The largest absolute Gasteiger partial charge is 0.396 e. The topological polar surface area (TPSA) is 106 Å². The number of carbonyl (C=O) groups is 2. The van der Waals surface area contributed by atoms with Crippen LogP contribution in [0.5, 0.6) is 0 Å². The lowest BCUT2D eigenvalue weighted by Gasteiger charge is -2.03. The second-order valence-electron chi connectivity index (χ2n) is 13.1. The molecule has 0 aromatic carbocycles. The molecule has 0 aromatic heterocycles. The molecular formula is C40H82N2O3. The Morgan fingerprint density at radius 3 is 0.778 bits per heavy atom. The number of amides is 2. The summed E-state index contributed by atoms with van der Waals surface area (Å²) in [6.45, 7) is 8.17. The van der Waals surface area contributed by atoms with Crippen LogP contribution in [-0.4, -0.2) is 23.5 Å². The monoisotopic (exact) mass is 639 g/mol. The molecule has 0 aliphatic rings. The van der Waals surface area contributed by atoms with Crippen molar-refractivity contribution >= 4 is 11.8 Å². The van der Waals surface area contributed by atoms with Gasteiger partial charge in [-0.05, 0) is 19.3 Å². The minimum absolute atomic E-state index is 0.153. The Hall–Kier alpha value is -1.36. The SMILES string of the molecule is C=CCCO.CCCCCCCCCCCCCCCCCC(N)=O.CCCCCCCCCCCCCCCCCC(N)=O. The zero-order chi connectivity index (χ0) is 33.9. The summed E-state index contributed by atoms with van der Waals surface area (Å²) in [6, 6.07) is 0. The Morgan fingerprint density at radius 2 is 0.644 bits per heavy atom. The third-order valence-corrected chi connectivity index (χ3v) is 8.39. The minimum atomic E-state index is -0.153. The number of unbranched alkanes of at least 4 members (excludes halogenated alkanes) is 28. The van der Waals surface area contributed by atoms with E-state index in [4.69, 9.17) is 16.6 Å². The van der Waals surface area contributed by atoms with Gasteiger partial charge in [-0.3, -0.25) is 9.59 Å². The van der Waals surface area contributed by atoms with E-state index in [1.165, 1.54) is 180 Å². The van der Waals surface area contributed by atoms with Crippen molar-refractivity contribution in [3.8, 4) is 0 Å². The highest BCUT2D eigenvalue weighted by Gasteiger charge is 1.97. The quantitative estimate of drug-likeness (QED) is 0.0482. The number of primary amides is 2. The third kappa shape index (κ3) is 58.7. The molecule has 0 aliphatic carbocycles. The zero-order valence-corrected chi connectivity index (χ0v) is 30.7. The lowest BCUT2D eigenvalue weighted by atomic mass is 10.0. The molecule has 0 saturated heterocycles. The summed E-state index contributed by atoms with van der Waals surface area (Å²) < 4.78 is 0. The van der Waals surface area contributed by atoms with Gasteiger partial charge >= 0.3 is 0 Å². The van der Waals surface area contributed by atoms with Gasteiger partial charge in [-0.15, -0.1) is 6.58 Å². The molecule has 5 N–H and O–H groups in total. The average molecular weight is 639 g/mol. The molecule has 0 heterocycles. The summed E-state index contributed by atoms with van der Waals surface area (Å²) in [4.78, 5) is 21.1. The van der Waals surface area contributed by atoms with Gasteiger partial charge in [0.05, 0.1) is 0 Å². The van der Waals surface area contributed by atoms with E-state index < -0.39 is 0 Å². The van der Waals surface area contributed by atoms with Crippen LogP contribution in [0, 0.1) is 0 Å². The fourth-order valence-corrected chi connectivity index (χ4v) is 5.43. The molecule has 0 fully saturated rings.